The second kappa shape index (κ2) is 11.8. The van der Waals surface area contributed by atoms with Crippen molar-refractivity contribution in [3.8, 4) is 22.3 Å². The number of furan rings is 1. The van der Waals surface area contributed by atoms with Crippen LogP contribution in [0, 0.1) is 0 Å². The average molecular weight is 606 g/mol. The van der Waals surface area contributed by atoms with Gasteiger partial charge in [-0.1, -0.05) is 141 Å². The number of rotatable bonds is 7. The summed E-state index contributed by atoms with van der Waals surface area (Å²) >= 11 is 0. The Morgan fingerprint density at radius 2 is 0.830 bits per heavy atom. The summed E-state index contributed by atoms with van der Waals surface area (Å²) in [4.78, 5) is 2.30. The summed E-state index contributed by atoms with van der Waals surface area (Å²) in [5.74, 6) is 0. The lowest BCUT2D eigenvalue weighted by molar-refractivity contribution is 0.641. The van der Waals surface area contributed by atoms with Crippen molar-refractivity contribution in [2.24, 2.45) is 0 Å². The minimum atomic E-state index is -0.0683. The van der Waals surface area contributed by atoms with Gasteiger partial charge in [-0.25, -0.2) is 0 Å². The van der Waals surface area contributed by atoms with E-state index in [2.05, 4.69) is 183 Å². The third-order valence-corrected chi connectivity index (χ3v) is 9.41. The second-order valence-electron chi connectivity index (χ2n) is 12.6. The molecule has 0 saturated heterocycles. The molecule has 7 aromatic carbocycles. The highest BCUT2D eigenvalue weighted by Gasteiger charge is 2.23. The van der Waals surface area contributed by atoms with Crippen molar-refractivity contribution < 1.29 is 4.42 Å². The molecule has 0 saturated carbocycles. The zero-order valence-electron chi connectivity index (χ0n) is 26.6. The standard InChI is InChI=1S/C45H35NO/c1-45(2,36-13-7-4-8-14-36)37-23-17-33(18-24-37)35-21-27-39(28-22-35)46(38-25-19-34(20-26-38)32-11-5-3-6-12-32)40-29-30-42-41-15-9-10-16-43(41)47-44(42)31-40/h3-31H,1-2H3. The fourth-order valence-corrected chi connectivity index (χ4v) is 6.64. The van der Waals surface area contributed by atoms with E-state index in [-0.39, 0.29) is 5.41 Å². The zero-order chi connectivity index (χ0) is 31.8. The molecule has 0 aliphatic heterocycles. The molecule has 8 rings (SSSR count). The summed E-state index contributed by atoms with van der Waals surface area (Å²) in [7, 11) is 0. The second-order valence-corrected chi connectivity index (χ2v) is 12.6. The molecule has 2 heteroatoms. The van der Waals surface area contributed by atoms with E-state index in [0.29, 0.717) is 0 Å². The average Bonchev–Trinajstić information content (AvgIpc) is 3.51. The van der Waals surface area contributed by atoms with Gasteiger partial charge in [-0.2, -0.15) is 0 Å². The van der Waals surface area contributed by atoms with Crippen LogP contribution in [0.4, 0.5) is 17.1 Å². The van der Waals surface area contributed by atoms with Crippen molar-refractivity contribution in [2.45, 2.75) is 19.3 Å². The fraction of sp³-hybridized carbons (Fsp3) is 0.0667. The number of nitrogens with zero attached hydrogens (tertiary/aromatic N) is 1. The van der Waals surface area contributed by atoms with Crippen LogP contribution in [0.1, 0.15) is 25.0 Å². The van der Waals surface area contributed by atoms with Crippen LogP contribution in [-0.4, -0.2) is 0 Å². The highest BCUT2D eigenvalue weighted by atomic mass is 16.3. The Kier molecular flexibility index (Phi) is 7.19. The molecule has 8 aromatic rings. The first kappa shape index (κ1) is 28.6. The van der Waals surface area contributed by atoms with Gasteiger partial charge in [0.25, 0.3) is 0 Å². The topological polar surface area (TPSA) is 16.4 Å². The van der Waals surface area contributed by atoms with E-state index < -0.39 is 0 Å². The van der Waals surface area contributed by atoms with Crippen LogP contribution >= 0.6 is 0 Å². The molecule has 1 aromatic heterocycles. The summed E-state index contributed by atoms with van der Waals surface area (Å²) in [6, 6.07) is 62.7. The Morgan fingerprint density at radius 3 is 1.45 bits per heavy atom. The number of fused-ring (bicyclic) bond motifs is 3. The van der Waals surface area contributed by atoms with E-state index in [4.69, 9.17) is 4.42 Å². The predicted molar refractivity (Wildman–Crippen MR) is 198 cm³/mol. The van der Waals surface area contributed by atoms with Gasteiger partial charge in [0.15, 0.2) is 0 Å². The monoisotopic (exact) mass is 605 g/mol. The molecule has 0 aliphatic rings. The van der Waals surface area contributed by atoms with Gasteiger partial charge in [-0.05, 0) is 75.8 Å². The maximum absolute atomic E-state index is 6.30. The van der Waals surface area contributed by atoms with Gasteiger partial charge in [-0.15, -0.1) is 0 Å². The largest absolute Gasteiger partial charge is 0.456 e. The fourth-order valence-electron chi connectivity index (χ4n) is 6.64. The molecule has 0 N–H and O–H groups in total. The summed E-state index contributed by atoms with van der Waals surface area (Å²) in [6.07, 6.45) is 0. The van der Waals surface area contributed by atoms with Crippen molar-refractivity contribution >= 4 is 39.0 Å². The quantitative estimate of drug-likeness (QED) is 0.180. The number of benzene rings is 7. The Hall–Kier alpha value is -5.86. The Labute approximate surface area is 276 Å². The summed E-state index contributed by atoms with van der Waals surface area (Å²) in [5, 5.41) is 2.26. The van der Waals surface area contributed by atoms with E-state index in [9.17, 15) is 0 Å². The van der Waals surface area contributed by atoms with Crippen LogP contribution in [0.5, 0.6) is 0 Å². The van der Waals surface area contributed by atoms with Gasteiger partial charge in [0, 0.05) is 39.3 Å². The molecule has 226 valence electrons. The lowest BCUT2D eigenvalue weighted by Gasteiger charge is -2.26. The SMILES string of the molecule is CC(C)(c1ccccc1)c1ccc(-c2ccc(N(c3ccc(-c4ccccc4)cc3)c3ccc4c(c3)oc3ccccc34)cc2)cc1. The van der Waals surface area contributed by atoms with Gasteiger partial charge in [0.1, 0.15) is 11.2 Å². The Balaban J connectivity index is 1.15. The van der Waals surface area contributed by atoms with Gasteiger partial charge >= 0.3 is 0 Å². The van der Waals surface area contributed by atoms with Crippen LogP contribution < -0.4 is 4.90 Å². The molecular formula is C45H35NO. The van der Waals surface area contributed by atoms with Crippen LogP contribution in [0.3, 0.4) is 0 Å². The first-order chi connectivity index (χ1) is 23.0. The molecule has 0 radical (unpaired) electrons. The molecule has 1 heterocycles. The van der Waals surface area contributed by atoms with Crippen LogP contribution in [0.25, 0.3) is 44.2 Å². The molecule has 0 bridgehead atoms. The van der Waals surface area contributed by atoms with Crippen molar-refractivity contribution in [1.82, 2.24) is 0 Å². The van der Waals surface area contributed by atoms with Gasteiger partial charge in [0.2, 0.25) is 0 Å². The van der Waals surface area contributed by atoms with Crippen molar-refractivity contribution in [1.29, 1.82) is 0 Å². The van der Waals surface area contributed by atoms with Gasteiger partial charge in [0.05, 0.1) is 0 Å². The van der Waals surface area contributed by atoms with Crippen LogP contribution in [-0.2, 0) is 5.41 Å². The van der Waals surface area contributed by atoms with Crippen LogP contribution in [0.2, 0.25) is 0 Å². The minimum Gasteiger partial charge on any atom is -0.456 e. The maximum Gasteiger partial charge on any atom is 0.137 e. The number of anilines is 3. The normalized spacial score (nSPS) is 11.6. The number of hydrogen-bond acceptors (Lipinski definition) is 2. The number of para-hydroxylation sites is 1. The molecule has 0 spiro atoms. The molecule has 0 amide bonds. The third kappa shape index (κ3) is 5.38. The zero-order valence-corrected chi connectivity index (χ0v) is 26.6. The summed E-state index contributed by atoms with van der Waals surface area (Å²) in [6.45, 7) is 4.58. The summed E-state index contributed by atoms with van der Waals surface area (Å²) < 4.78 is 6.30. The predicted octanol–water partition coefficient (Wildman–Crippen LogP) is 12.7. The molecule has 47 heavy (non-hydrogen) atoms. The third-order valence-electron chi connectivity index (χ3n) is 9.41. The molecule has 0 aliphatic carbocycles. The molecule has 0 fully saturated rings. The molecule has 0 atom stereocenters. The van der Waals surface area contributed by atoms with Crippen molar-refractivity contribution in [3.05, 3.63) is 187 Å². The summed E-state index contributed by atoms with van der Waals surface area (Å²) in [5.41, 5.74) is 12.3. The Morgan fingerprint density at radius 1 is 0.383 bits per heavy atom. The van der Waals surface area contributed by atoms with Crippen molar-refractivity contribution in [2.75, 3.05) is 4.90 Å². The van der Waals surface area contributed by atoms with E-state index >= 15 is 0 Å². The number of hydrogen-bond donors (Lipinski definition) is 0. The smallest absolute Gasteiger partial charge is 0.137 e. The highest BCUT2D eigenvalue weighted by molar-refractivity contribution is 6.06. The first-order valence-corrected chi connectivity index (χ1v) is 16.2. The van der Waals surface area contributed by atoms with E-state index in [1.54, 1.807) is 0 Å². The molecule has 2 nitrogen and oxygen atoms in total. The van der Waals surface area contributed by atoms with E-state index in [0.717, 1.165) is 39.0 Å². The first-order valence-electron chi connectivity index (χ1n) is 16.2. The van der Waals surface area contributed by atoms with Gasteiger partial charge in [-0.3, -0.25) is 0 Å². The minimum absolute atomic E-state index is 0.0683. The highest BCUT2D eigenvalue weighted by Crippen LogP contribution is 2.40. The molecule has 0 unspecified atom stereocenters. The van der Waals surface area contributed by atoms with Crippen molar-refractivity contribution in [3.63, 3.8) is 0 Å². The Bertz CT molecular complexity index is 2280. The lowest BCUT2D eigenvalue weighted by Crippen LogP contribution is -2.18. The van der Waals surface area contributed by atoms with E-state index in [1.165, 1.54) is 33.4 Å². The molecular weight excluding hydrogens is 571 g/mol. The lowest BCUT2D eigenvalue weighted by atomic mass is 9.78. The van der Waals surface area contributed by atoms with E-state index in [1.807, 2.05) is 12.1 Å². The maximum atomic E-state index is 6.30. The van der Waals surface area contributed by atoms with Crippen LogP contribution in [0.15, 0.2) is 180 Å². The van der Waals surface area contributed by atoms with Gasteiger partial charge < -0.3 is 9.32 Å².